The molecule has 2 amide bonds. The van der Waals surface area contributed by atoms with Crippen LogP contribution in [-0.4, -0.2) is 67.2 Å². The molecule has 0 spiro atoms. The average molecular weight is 345 g/mol. The highest BCUT2D eigenvalue weighted by atomic mass is 16.7. The Bertz CT molecular complexity index is 678. The summed E-state index contributed by atoms with van der Waals surface area (Å²) in [6.07, 6.45) is 2.26. The van der Waals surface area contributed by atoms with Crippen LogP contribution in [0.3, 0.4) is 0 Å². The van der Waals surface area contributed by atoms with E-state index in [1.165, 1.54) is 0 Å². The van der Waals surface area contributed by atoms with E-state index >= 15 is 0 Å². The second-order valence-corrected chi connectivity index (χ2v) is 6.76. The molecule has 1 unspecified atom stereocenters. The van der Waals surface area contributed by atoms with Crippen molar-refractivity contribution in [3.05, 3.63) is 23.8 Å². The van der Waals surface area contributed by atoms with Gasteiger partial charge < -0.3 is 24.6 Å². The number of carbonyl (C=O) groups is 2. The predicted molar refractivity (Wildman–Crippen MR) is 90.5 cm³/mol. The number of ether oxygens (including phenoxy) is 2. The van der Waals surface area contributed by atoms with Gasteiger partial charge in [0.05, 0.1) is 13.0 Å². The lowest BCUT2D eigenvalue weighted by Gasteiger charge is -2.41. The Labute approximate surface area is 146 Å². The first kappa shape index (κ1) is 16.2. The van der Waals surface area contributed by atoms with Crippen LogP contribution < -0.4 is 14.8 Å². The second-order valence-electron chi connectivity index (χ2n) is 6.76. The van der Waals surface area contributed by atoms with E-state index in [1.54, 1.807) is 0 Å². The molecule has 1 N–H and O–H groups in total. The van der Waals surface area contributed by atoms with Gasteiger partial charge in [-0.3, -0.25) is 9.59 Å². The monoisotopic (exact) mass is 345 g/mol. The number of piperidine rings is 1. The van der Waals surface area contributed by atoms with Crippen LogP contribution in [0.2, 0.25) is 0 Å². The van der Waals surface area contributed by atoms with Crippen molar-refractivity contribution in [3.63, 3.8) is 0 Å². The minimum atomic E-state index is 0.103. The van der Waals surface area contributed by atoms with Crippen molar-refractivity contribution in [1.29, 1.82) is 0 Å². The lowest BCUT2D eigenvalue weighted by Crippen LogP contribution is -2.57. The van der Waals surface area contributed by atoms with Crippen molar-refractivity contribution in [2.45, 2.75) is 25.3 Å². The number of benzene rings is 1. The predicted octanol–water partition coefficient (Wildman–Crippen LogP) is 0.381. The summed E-state index contributed by atoms with van der Waals surface area (Å²) in [6.45, 7) is 3.59. The van der Waals surface area contributed by atoms with Gasteiger partial charge in [0.15, 0.2) is 11.5 Å². The fourth-order valence-corrected chi connectivity index (χ4v) is 3.78. The maximum atomic E-state index is 12.7. The van der Waals surface area contributed by atoms with Crippen LogP contribution in [0, 0.1) is 0 Å². The summed E-state index contributed by atoms with van der Waals surface area (Å²) in [7, 11) is 0. The third kappa shape index (κ3) is 3.42. The van der Waals surface area contributed by atoms with Crippen molar-refractivity contribution < 1.29 is 19.1 Å². The summed E-state index contributed by atoms with van der Waals surface area (Å²) in [5.74, 6) is 1.67. The molecule has 7 heteroatoms. The molecular weight excluding hydrogens is 322 g/mol. The van der Waals surface area contributed by atoms with E-state index in [1.807, 2.05) is 28.0 Å². The van der Waals surface area contributed by atoms with Gasteiger partial charge in [-0.15, -0.1) is 0 Å². The molecule has 134 valence electrons. The lowest BCUT2D eigenvalue weighted by molar-refractivity contribution is -0.140. The first-order chi connectivity index (χ1) is 12.2. The van der Waals surface area contributed by atoms with Crippen molar-refractivity contribution in [2.75, 3.05) is 39.5 Å². The highest BCUT2D eigenvalue weighted by molar-refractivity contribution is 5.80. The van der Waals surface area contributed by atoms with Crippen LogP contribution in [-0.2, 0) is 16.0 Å². The van der Waals surface area contributed by atoms with Gasteiger partial charge in [0.2, 0.25) is 18.6 Å². The zero-order chi connectivity index (χ0) is 17.2. The molecule has 0 aromatic heterocycles. The molecule has 0 radical (unpaired) electrons. The summed E-state index contributed by atoms with van der Waals surface area (Å²) in [4.78, 5) is 28.7. The molecule has 3 heterocycles. The van der Waals surface area contributed by atoms with Gasteiger partial charge in [0.25, 0.3) is 0 Å². The van der Waals surface area contributed by atoms with Crippen molar-refractivity contribution >= 4 is 11.8 Å². The van der Waals surface area contributed by atoms with Gasteiger partial charge in [-0.25, -0.2) is 0 Å². The third-order valence-corrected chi connectivity index (χ3v) is 5.11. The highest BCUT2D eigenvalue weighted by Gasteiger charge is 2.31. The van der Waals surface area contributed by atoms with E-state index in [0.29, 0.717) is 25.3 Å². The Kier molecular flexibility index (Phi) is 4.48. The number of nitrogens with one attached hydrogen (secondary N) is 1. The molecule has 4 rings (SSSR count). The quantitative estimate of drug-likeness (QED) is 0.858. The van der Waals surface area contributed by atoms with Gasteiger partial charge in [-0.1, -0.05) is 6.07 Å². The number of hydrogen-bond acceptors (Lipinski definition) is 5. The van der Waals surface area contributed by atoms with Crippen molar-refractivity contribution in [2.24, 2.45) is 0 Å². The molecule has 0 saturated carbocycles. The third-order valence-electron chi connectivity index (χ3n) is 5.11. The number of rotatable bonds is 3. The zero-order valence-corrected chi connectivity index (χ0v) is 14.2. The van der Waals surface area contributed by atoms with E-state index in [4.69, 9.17) is 9.47 Å². The summed E-state index contributed by atoms with van der Waals surface area (Å²) in [5, 5.41) is 3.10. The minimum absolute atomic E-state index is 0.103. The first-order valence-corrected chi connectivity index (χ1v) is 8.87. The molecule has 25 heavy (non-hydrogen) atoms. The summed E-state index contributed by atoms with van der Waals surface area (Å²) < 4.78 is 10.7. The Hall–Kier alpha value is -2.28. The van der Waals surface area contributed by atoms with Crippen LogP contribution in [0.15, 0.2) is 18.2 Å². The molecule has 3 aliphatic rings. The van der Waals surface area contributed by atoms with Gasteiger partial charge in [0, 0.05) is 32.2 Å². The molecule has 2 saturated heterocycles. The van der Waals surface area contributed by atoms with Gasteiger partial charge >= 0.3 is 0 Å². The van der Waals surface area contributed by atoms with Crippen LogP contribution in [0.4, 0.5) is 0 Å². The van der Waals surface area contributed by atoms with Crippen LogP contribution in [0.5, 0.6) is 11.5 Å². The zero-order valence-electron chi connectivity index (χ0n) is 14.2. The van der Waals surface area contributed by atoms with E-state index in [0.717, 1.165) is 43.8 Å². The first-order valence-electron chi connectivity index (χ1n) is 8.87. The number of likely N-dealkylation sites (tertiary alicyclic amines) is 1. The Morgan fingerprint density at radius 2 is 2.12 bits per heavy atom. The maximum absolute atomic E-state index is 12.7. The number of nitrogens with zero attached hydrogens (tertiary/aromatic N) is 2. The minimum Gasteiger partial charge on any atom is -0.454 e. The van der Waals surface area contributed by atoms with Crippen LogP contribution in [0.1, 0.15) is 18.4 Å². The fraction of sp³-hybridized carbons (Fsp3) is 0.556. The number of piperazine rings is 1. The Morgan fingerprint density at radius 3 is 3.00 bits per heavy atom. The van der Waals surface area contributed by atoms with E-state index in [9.17, 15) is 9.59 Å². The molecule has 3 aliphatic heterocycles. The van der Waals surface area contributed by atoms with Crippen molar-refractivity contribution in [1.82, 2.24) is 15.1 Å². The molecule has 1 atom stereocenters. The Balaban J connectivity index is 1.39. The molecule has 7 nitrogen and oxygen atoms in total. The summed E-state index contributed by atoms with van der Waals surface area (Å²) in [6, 6.07) is 5.78. The highest BCUT2D eigenvalue weighted by Crippen LogP contribution is 2.32. The largest absolute Gasteiger partial charge is 0.454 e. The molecule has 1 aromatic carbocycles. The molecule has 0 bridgehead atoms. The molecule has 1 aromatic rings. The van der Waals surface area contributed by atoms with Crippen molar-refractivity contribution in [3.8, 4) is 11.5 Å². The number of carbonyl (C=O) groups excluding carboxylic acids is 2. The van der Waals surface area contributed by atoms with Gasteiger partial charge in [0.1, 0.15) is 0 Å². The maximum Gasteiger partial charge on any atom is 0.236 e. The summed E-state index contributed by atoms with van der Waals surface area (Å²) >= 11 is 0. The van der Waals surface area contributed by atoms with Gasteiger partial charge in [-0.05, 0) is 30.5 Å². The van der Waals surface area contributed by atoms with E-state index in [2.05, 4.69) is 5.32 Å². The fourth-order valence-electron chi connectivity index (χ4n) is 3.78. The lowest BCUT2D eigenvalue weighted by atomic mass is 10.0. The number of hydrogen-bond donors (Lipinski definition) is 1. The van der Waals surface area contributed by atoms with E-state index < -0.39 is 0 Å². The molecular formula is C18H23N3O4. The van der Waals surface area contributed by atoms with Crippen LogP contribution in [0.25, 0.3) is 0 Å². The normalized spacial score (nSPS) is 23.0. The second kappa shape index (κ2) is 6.92. The standard InChI is InChI=1S/C18H23N3O4/c22-17(9-13-3-4-15-16(8-13)25-12-24-15)20-6-1-2-14(11-20)21-7-5-19-10-18(21)23/h3-4,8,14,19H,1-2,5-7,9-12H2. The molecule has 2 fully saturated rings. The SMILES string of the molecule is O=C(Cc1ccc2c(c1)OCO2)N1CCCC(N2CCNCC2=O)C1. The number of amides is 2. The van der Waals surface area contributed by atoms with E-state index in [-0.39, 0.29) is 24.6 Å². The number of fused-ring (bicyclic) bond motifs is 1. The van der Waals surface area contributed by atoms with Crippen LogP contribution >= 0.6 is 0 Å². The molecule has 0 aliphatic carbocycles. The topological polar surface area (TPSA) is 71.1 Å². The smallest absolute Gasteiger partial charge is 0.236 e. The van der Waals surface area contributed by atoms with Gasteiger partial charge in [-0.2, -0.15) is 0 Å². The summed E-state index contributed by atoms with van der Waals surface area (Å²) in [5.41, 5.74) is 0.926. The Morgan fingerprint density at radius 1 is 1.24 bits per heavy atom. The average Bonchev–Trinajstić information content (AvgIpc) is 3.10.